The zero-order valence-electron chi connectivity index (χ0n) is 12.3. The smallest absolute Gasteiger partial charge is 0.170 e. The Morgan fingerprint density at radius 1 is 1.29 bits per heavy atom. The lowest BCUT2D eigenvalue weighted by Crippen LogP contribution is -2.30. The zero-order chi connectivity index (χ0) is 14.8. The van der Waals surface area contributed by atoms with Crippen molar-refractivity contribution in [2.24, 2.45) is 0 Å². The summed E-state index contributed by atoms with van der Waals surface area (Å²) in [5.41, 5.74) is 3.37. The number of hydrogen-bond donors (Lipinski definition) is 2. The highest BCUT2D eigenvalue weighted by atomic mass is 32.1. The lowest BCUT2D eigenvalue weighted by molar-refractivity contribution is 0.312. The van der Waals surface area contributed by atoms with Crippen LogP contribution in [0.4, 0.5) is 0 Å². The summed E-state index contributed by atoms with van der Waals surface area (Å²) in [7, 11) is 0. The largest absolute Gasteiger partial charge is 0.361 e. The average Bonchev–Trinajstić information content (AvgIpc) is 3.05. The van der Waals surface area contributed by atoms with E-state index < -0.39 is 0 Å². The number of nitrogens with zero attached hydrogens (tertiary/aromatic N) is 2. The molecule has 1 aliphatic heterocycles. The van der Waals surface area contributed by atoms with Crippen LogP contribution in [-0.4, -0.2) is 26.5 Å². The Morgan fingerprint density at radius 3 is 2.76 bits per heavy atom. The highest BCUT2D eigenvalue weighted by Gasteiger charge is 2.39. The fraction of sp³-hybridized carbons (Fsp3) is 0.375. The van der Waals surface area contributed by atoms with Gasteiger partial charge in [0.05, 0.1) is 17.8 Å². The minimum absolute atomic E-state index is 0.0864. The fourth-order valence-electron chi connectivity index (χ4n) is 2.92. The molecule has 2 aromatic rings. The summed E-state index contributed by atoms with van der Waals surface area (Å²) >= 11 is 5.54. The summed E-state index contributed by atoms with van der Waals surface area (Å²) in [5.74, 6) is 0. The third-order valence-corrected chi connectivity index (χ3v) is 4.19. The van der Waals surface area contributed by atoms with Crippen molar-refractivity contribution in [1.82, 2.24) is 20.2 Å². The van der Waals surface area contributed by atoms with Gasteiger partial charge in [-0.3, -0.25) is 4.98 Å². The Morgan fingerprint density at radius 2 is 2.14 bits per heavy atom. The third kappa shape index (κ3) is 2.65. The van der Waals surface area contributed by atoms with E-state index in [1.807, 2.05) is 18.3 Å². The molecule has 0 spiro atoms. The lowest BCUT2D eigenvalue weighted by Gasteiger charge is -2.26. The Kier molecular flexibility index (Phi) is 3.92. The Bertz CT molecular complexity index is 622. The lowest BCUT2D eigenvalue weighted by atomic mass is 10.0. The molecule has 21 heavy (non-hydrogen) atoms. The maximum absolute atomic E-state index is 5.54. The molecule has 3 heterocycles. The molecule has 0 amide bonds. The summed E-state index contributed by atoms with van der Waals surface area (Å²) in [6.07, 6.45) is 2.90. The Balaban J connectivity index is 2.00. The first kappa shape index (κ1) is 14.1. The van der Waals surface area contributed by atoms with E-state index in [2.05, 4.69) is 52.2 Å². The van der Waals surface area contributed by atoms with E-state index in [0.717, 1.165) is 23.8 Å². The molecule has 2 N–H and O–H groups in total. The predicted octanol–water partition coefficient (Wildman–Crippen LogP) is 3.10. The molecule has 2 atom stereocenters. The maximum atomic E-state index is 5.54. The molecule has 0 bridgehead atoms. The number of hydrogen-bond acceptors (Lipinski definition) is 2. The first-order chi connectivity index (χ1) is 10.2. The van der Waals surface area contributed by atoms with Gasteiger partial charge in [0.15, 0.2) is 5.11 Å². The molecule has 2 aromatic heterocycles. The molecule has 1 saturated heterocycles. The highest BCUT2D eigenvalue weighted by molar-refractivity contribution is 7.80. The first-order valence-electron chi connectivity index (χ1n) is 7.34. The standard InChI is InChI=1S/C16H20N4S/c1-3-10-20-15(13-8-7-11(2)18-13)14(19-16(20)21)12-6-4-5-9-17-12/h4-9,14-15,18H,3,10H2,1-2H3,(H,19,21)/t14-,15-/m1/s1. The van der Waals surface area contributed by atoms with Gasteiger partial charge in [-0.15, -0.1) is 0 Å². The third-order valence-electron chi connectivity index (χ3n) is 3.84. The Labute approximate surface area is 130 Å². The molecule has 0 saturated carbocycles. The number of aromatic nitrogens is 2. The van der Waals surface area contributed by atoms with Crippen molar-refractivity contribution in [2.75, 3.05) is 6.54 Å². The van der Waals surface area contributed by atoms with Gasteiger partial charge in [0.25, 0.3) is 0 Å². The second kappa shape index (κ2) is 5.85. The van der Waals surface area contributed by atoms with Gasteiger partial charge in [-0.1, -0.05) is 13.0 Å². The van der Waals surface area contributed by atoms with E-state index in [9.17, 15) is 0 Å². The van der Waals surface area contributed by atoms with E-state index >= 15 is 0 Å². The number of aryl methyl sites for hydroxylation is 1. The fourth-order valence-corrected chi connectivity index (χ4v) is 3.26. The second-order valence-corrected chi connectivity index (χ2v) is 5.80. The molecule has 1 fully saturated rings. The van der Waals surface area contributed by atoms with E-state index in [-0.39, 0.29) is 12.1 Å². The van der Waals surface area contributed by atoms with Gasteiger partial charge in [0.1, 0.15) is 0 Å². The SMILES string of the molecule is CCCN1C(=S)N[C@H](c2ccccn2)[C@H]1c1ccc(C)[nH]1. The number of thiocarbonyl (C=S) groups is 1. The van der Waals surface area contributed by atoms with Gasteiger partial charge < -0.3 is 15.2 Å². The van der Waals surface area contributed by atoms with Gasteiger partial charge in [0.2, 0.25) is 0 Å². The molecule has 3 rings (SSSR count). The number of aromatic amines is 1. The van der Waals surface area contributed by atoms with E-state index in [0.29, 0.717) is 0 Å². The molecule has 0 aromatic carbocycles. The van der Waals surface area contributed by atoms with Crippen molar-refractivity contribution in [3.63, 3.8) is 0 Å². The maximum Gasteiger partial charge on any atom is 0.170 e. The summed E-state index contributed by atoms with van der Waals surface area (Å²) in [6.45, 7) is 5.19. The number of H-pyrrole nitrogens is 1. The van der Waals surface area contributed by atoms with E-state index in [1.54, 1.807) is 0 Å². The minimum Gasteiger partial charge on any atom is -0.361 e. The van der Waals surface area contributed by atoms with Crippen LogP contribution in [0.3, 0.4) is 0 Å². The summed E-state index contributed by atoms with van der Waals surface area (Å²) < 4.78 is 0. The molecular formula is C16H20N4S. The van der Waals surface area contributed by atoms with Crippen LogP contribution >= 0.6 is 12.2 Å². The topological polar surface area (TPSA) is 44.0 Å². The van der Waals surface area contributed by atoms with E-state index in [4.69, 9.17) is 12.2 Å². The van der Waals surface area contributed by atoms with Crippen molar-refractivity contribution in [3.05, 3.63) is 53.6 Å². The van der Waals surface area contributed by atoms with Gasteiger partial charge >= 0.3 is 0 Å². The van der Waals surface area contributed by atoms with Gasteiger partial charge in [-0.2, -0.15) is 0 Å². The minimum atomic E-state index is 0.0864. The second-order valence-electron chi connectivity index (χ2n) is 5.42. The number of pyridine rings is 1. The number of rotatable bonds is 4. The molecule has 5 heteroatoms. The van der Waals surface area contributed by atoms with Gasteiger partial charge in [0, 0.05) is 24.1 Å². The van der Waals surface area contributed by atoms with Crippen LogP contribution < -0.4 is 5.32 Å². The summed E-state index contributed by atoms with van der Waals surface area (Å²) in [5, 5.41) is 4.25. The van der Waals surface area contributed by atoms with Crippen molar-refractivity contribution >= 4 is 17.3 Å². The quantitative estimate of drug-likeness (QED) is 0.852. The van der Waals surface area contributed by atoms with Crippen LogP contribution in [0.5, 0.6) is 0 Å². The molecule has 0 unspecified atom stereocenters. The van der Waals surface area contributed by atoms with Crippen LogP contribution in [0.2, 0.25) is 0 Å². The van der Waals surface area contributed by atoms with Gasteiger partial charge in [-0.25, -0.2) is 0 Å². The first-order valence-corrected chi connectivity index (χ1v) is 7.75. The molecule has 0 aliphatic carbocycles. The summed E-state index contributed by atoms with van der Waals surface area (Å²) in [6, 6.07) is 10.5. The molecular weight excluding hydrogens is 280 g/mol. The van der Waals surface area contributed by atoms with Crippen LogP contribution in [-0.2, 0) is 0 Å². The monoisotopic (exact) mass is 300 g/mol. The normalized spacial score (nSPS) is 21.6. The average molecular weight is 300 g/mol. The van der Waals surface area contributed by atoms with Crippen LogP contribution in [0, 0.1) is 6.92 Å². The van der Waals surface area contributed by atoms with Gasteiger partial charge in [-0.05, 0) is 49.8 Å². The predicted molar refractivity (Wildman–Crippen MR) is 88.0 cm³/mol. The zero-order valence-corrected chi connectivity index (χ0v) is 13.2. The Hall–Kier alpha value is -1.88. The summed E-state index contributed by atoms with van der Waals surface area (Å²) in [4.78, 5) is 10.2. The number of nitrogens with one attached hydrogen (secondary N) is 2. The van der Waals surface area contributed by atoms with Crippen molar-refractivity contribution in [3.8, 4) is 0 Å². The van der Waals surface area contributed by atoms with Crippen LogP contribution in [0.25, 0.3) is 0 Å². The van der Waals surface area contributed by atoms with Crippen LogP contribution in [0.15, 0.2) is 36.5 Å². The van der Waals surface area contributed by atoms with Crippen molar-refractivity contribution < 1.29 is 0 Å². The van der Waals surface area contributed by atoms with Crippen molar-refractivity contribution in [1.29, 1.82) is 0 Å². The molecule has 110 valence electrons. The van der Waals surface area contributed by atoms with E-state index in [1.165, 1.54) is 11.4 Å². The molecule has 1 aliphatic rings. The van der Waals surface area contributed by atoms with Crippen LogP contribution in [0.1, 0.15) is 42.5 Å². The van der Waals surface area contributed by atoms with Crippen molar-refractivity contribution in [2.45, 2.75) is 32.4 Å². The molecule has 0 radical (unpaired) electrons. The molecule has 4 nitrogen and oxygen atoms in total. The highest BCUT2D eigenvalue weighted by Crippen LogP contribution is 2.37.